The van der Waals surface area contributed by atoms with E-state index in [2.05, 4.69) is 25.6 Å². The Morgan fingerprint density at radius 3 is 2.52 bits per heavy atom. The lowest BCUT2D eigenvalue weighted by Gasteiger charge is -2.10. The van der Waals surface area contributed by atoms with Crippen LogP contribution in [0.4, 0.5) is 10.1 Å². The number of nitrogens with zero attached hydrogens (tertiary/aromatic N) is 5. The summed E-state index contributed by atoms with van der Waals surface area (Å²) in [5.41, 5.74) is 3.91. The number of hydrogen-bond donors (Lipinski definition) is 1. The van der Waals surface area contributed by atoms with Crippen LogP contribution >= 0.6 is 23.4 Å². The van der Waals surface area contributed by atoms with Gasteiger partial charge in [-0.05, 0) is 56.7 Å². The number of carbonyl (C=O) groups excluding carboxylic acids is 1. The Balaban J connectivity index is 1.71. The molecule has 2 aromatic heterocycles. The van der Waals surface area contributed by atoms with Crippen LogP contribution in [0.15, 0.2) is 53.7 Å². The molecule has 4 rings (SSSR count). The van der Waals surface area contributed by atoms with Crippen molar-refractivity contribution in [2.45, 2.75) is 31.7 Å². The van der Waals surface area contributed by atoms with Gasteiger partial charge in [0.1, 0.15) is 5.82 Å². The molecule has 1 N–H and O–H groups in total. The zero-order valence-corrected chi connectivity index (χ0v) is 19.7. The summed E-state index contributed by atoms with van der Waals surface area (Å²) in [6.07, 6.45) is 0. The largest absolute Gasteiger partial charge is 0.318 e. The zero-order chi connectivity index (χ0) is 23.5. The first-order chi connectivity index (χ1) is 15.8. The molecule has 0 unspecified atom stereocenters. The number of anilines is 1. The smallest absolute Gasteiger partial charge is 0.278 e. The van der Waals surface area contributed by atoms with Gasteiger partial charge in [0.2, 0.25) is 0 Å². The average Bonchev–Trinajstić information content (AvgIpc) is 3.19. The number of para-hydroxylation sites is 1. The van der Waals surface area contributed by atoms with Crippen LogP contribution in [0, 0.1) is 26.6 Å². The predicted molar refractivity (Wildman–Crippen MR) is 127 cm³/mol. The van der Waals surface area contributed by atoms with Crippen LogP contribution in [-0.4, -0.2) is 30.9 Å². The van der Waals surface area contributed by atoms with Gasteiger partial charge in [-0.2, -0.15) is 0 Å². The summed E-state index contributed by atoms with van der Waals surface area (Å²) < 4.78 is 15.6. The molecule has 0 saturated carbocycles. The van der Waals surface area contributed by atoms with Crippen LogP contribution in [0.5, 0.6) is 0 Å². The lowest BCUT2D eigenvalue weighted by atomic mass is 10.2. The van der Waals surface area contributed by atoms with E-state index in [1.165, 1.54) is 23.9 Å². The predicted octanol–water partition coefficient (Wildman–Crippen LogP) is 5.32. The second-order valence-corrected chi connectivity index (χ2v) is 8.74. The molecule has 0 saturated heterocycles. The fourth-order valence-electron chi connectivity index (χ4n) is 3.16. The third-order valence-electron chi connectivity index (χ3n) is 4.80. The van der Waals surface area contributed by atoms with Gasteiger partial charge in [-0.15, -0.1) is 5.10 Å². The Morgan fingerprint density at radius 2 is 1.82 bits per heavy atom. The molecular weight excluding hydrogens is 463 g/mol. The molecule has 0 aliphatic rings. The van der Waals surface area contributed by atoms with E-state index in [1.807, 2.05) is 39.0 Å². The van der Waals surface area contributed by atoms with Crippen LogP contribution < -0.4 is 5.32 Å². The van der Waals surface area contributed by atoms with Crippen molar-refractivity contribution < 1.29 is 9.18 Å². The molecule has 0 aliphatic heterocycles. The molecule has 0 atom stereocenters. The highest BCUT2D eigenvalue weighted by Gasteiger charge is 2.22. The van der Waals surface area contributed by atoms with Crippen molar-refractivity contribution in [2.75, 3.05) is 5.32 Å². The maximum absolute atomic E-state index is 14.1. The molecule has 4 aromatic rings. The minimum absolute atomic E-state index is 0.0617. The van der Waals surface area contributed by atoms with Gasteiger partial charge < -0.3 is 5.32 Å². The molecule has 10 heteroatoms. The van der Waals surface area contributed by atoms with Crippen LogP contribution in [0.2, 0.25) is 5.02 Å². The van der Waals surface area contributed by atoms with Gasteiger partial charge in [0, 0.05) is 22.2 Å². The molecule has 0 fully saturated rings. The summed E-state index contributed by atoms with van der Waals surface area (Å²) in [6, 6.07) is 13.3. The van der Waals surface area contributed by atoms with Gasteiger partial charge in [0.25, 0.3) is 5.91 Å². The summed E-state index contributed by atoms with van der Waals surface area (Å²) in [6.45, 7) is 5.69. The molecule has 0 spiro atoms. The van der Waals surface area contributed by atoms with E-state index in [0.29, 0.717) is 27.3 Å². The summed E-state index contributed by atoms with van der Waals surface area (Å²) in [5, 5.41) is 12.0. The molecule has 1 amide bonds. The van der Waals surface area contributed by atoms with Crippen molar-refractivity contribution in [2.24, 2.45) is 0 Å². The second kappa shape index (κ2) is 9.68. The summed E-state index contributed by atoms with van der Waals surface area (Å²) >= 11 is 7.66. The molecular formula is C23H20ClFN6OS. The first-order valence-electron chi connectivity index (χ1n) is 10.0. The summed E-state index contributed by atoms with van der Waals surface area (Å²) in [7, 11) is 0. The average molecular weight is 483 g/mol. The van der Waals surface area contributed by atoms with E-state index in [0.717, 1.165) is 17.0 Å². The normalized spacial score (nSPS) is 10.9. The molecule has 168 valence electrons. The van der Waals surface area contributed by atoms with Crippen molar-refractivity contribution in [3.8, 4) is 5.69 Å². The number of rotatable bonds is 6. The Bertz CT molecular complexity index is 1320. The molecule has 2 aromatic carbocycles. The Morgan fingerprint density at radius 1 is 1.09 bits per heavy atom. The molecule has 7 nitrogen and oxygen atoms in total. The monoisotopic (exact) mass is 482 g/mol. The van der Waals surface area contributed by atoms with Gasteiger partial charge in [0.05, 0.1) is 17.1 Å². The van der Waals surface area contributed by atoms with E-state index in [1.54, 1.807) is 22.9 Å². The fourth-order valence-corrected chi connectivity index (χ4v) is 4.28. The van der Waals surface area contributed by atoms with Gasteiger partial charge in [-0.3, -0.25) is 4.79 Å². The third-order valence-corrected chi connectivity index (χ3v) is 6.07. The molecule has 0 aliphatic carbocycles. The molecule has 33 heavy (non-hydrogen) atoms. The van der Waals surface area contributed by atoms with Crippen molar-refractivity contribution in [1.29, 1.82) is 0 Å². The van der Waals surface area contributed by atoms with E-state index in [4.69, 9.17) is 11.6 Å². The number of amides is 1. The third kappa shape index (κ3) is 5.20. The van der Waals surface area contributed by atoms with Crippen LogP contribution in [0.1, 0.15) is 33.1 Å². The number of aromatic nitrogens is 5. The SMILES string of the molecule is Cc1cc(C)nc(SCc2c(C(=O)Nc3ccccc3F)nnn2-c2ccc(C)c(Cl)c2)n1. The number of aryl methyl sites for hydroxylation is 3. The lowest BCUT2D eigenvalue weighted by molar-refractivity contribution is 0.102. The zero-order valence-electron chi connectivity index (χ0n) is 18.1. The lowest BCUT2D eigenvalue weighted by Crippen LogP contribution is -2.16. The maximum Gasteiger partial charge on any atom is 0.278 e. The summed E-state index contributed by atoms with van der Waals surface area (Å²) in [4.78, 5) is 21.9. The minimum atomic E-state index is -0.568. The first-order valence-corrected chi connectivity index (χ1v) is 11.4. The maximum atomic E-state index is 14.1. The molecule has 2 heterocycles. The van der Waals surface area contributed by atoms with Gasteiger partial charge in [-0.1, -0.05) is 46.8 Å². The number of carbonyl (C=O) groups is 1. The second-order valence-electron chi connectivity index (χ2n) is 7.39. The highest BCUT2D eigenvalue weighted by Crippen LogP contribution is 2.26. The fraction of sp³-hybridized carbons (Fsp3) is 0.174. The quantitative estimate of drug-likeness (QED) is 0.295. The van der Waals surface area contributed by atoms with Crippen LogP contribution in [-0.2, 0) is 5.75 Å². The van der Waals surface area contributed by atoms with Crippen molar-refractivity contribution in [3.05, 3.63) is 87.7 Å². The topological polar surface area (TPSA) is 85.6 Å². The van der Waals surface area contributed by atoms with Crippen molar-refractivity contribution in [3.63, 3.8) is 0 Å². The highest BCUT2D eigenvalue weighted by molar-refractivity contribution is 7.98. The minimum Gasteiger partial charge on any atom is -0.318 e. The van der Waals surface area contributed by atoms with Gasteiger partial charge >= 0.3 is 0 Å². The number of nitrogens with one attached hydrogen (secondary N) is 1. The molecule has 0 radical (unpaired) electrons. The van der Waals surface area contributed by atoms with Gasteiger partial charge in [0.15, 0.2) is 10.9 Å². The Hall–Kier alpha value is -3.30. The Kier molecular flexibility index (Phi) is 6.71. The Labute approximate surface area is 199 Å². The van der Waals surface area contributed by atoms with Crippen molar-refractivity contribution in [1.82, 2.24) is 25.0 Å². The van der Waals surface area contributed by atoms with E-state index < -0.39 is 11.7 Å². The van der Waals surface area contributed by atoms with E-state index in [-0.39, 0.29) is 11.4 Å². The number of halogens is 2. The number of thioether (sulfide) groups is 1. The number of hydrogen-bond acceptors (Lipinski definition) is 6. The molecule has 0 bridgehead atoms. The van der Waals surface area contributed by atoms with E-state index in [9.17, 15) is 9.18 Å². The summed E-state index contributed by atoms with van der Waals surface area (Å²) in [5.74, 6) is -0.800. The van der Waals surface area contributed by atoms with Crippen molar-refractivity contribution >= 4 is 35.0 Å². The van der Waals surface area contributed by atoms with E-state index >= 15 is 0 Å². The van der Waals surface area contributed by atoms with Crippen LogP contribution in [0.25, 0.3) is 5.69 Å². The standard InChI is InChI=1S/C23H20ClFN6OS/c1-13-8-9-16(11-17(13)24)31-20(12-33-23-26-14(2)10-15(3)27-23)21(29-30-31)22(32)28-19-7-5-4-6-18(19)25/h4-11H,12H2,1-3H3,(H,28,32). The first kappa shape index (κ1) is 22.9. The number of benzene rings is 2. The van der Waals surface area contributed by atoms with Gasteiger partial charge in [-0.25, -0.2) is 19.0 Å². The highest BCUT2D eigenvalue weighted by atomic mass is 35.5. The van der Waals surface area contributed by atoms with Crippen LogP contribution in [0.3, 0.4) is 0 Å².